The van der Waals surface area contributed by atoms with Crippen LogP contribution in [-0.4, -0.2) is 49.8 Å². The number of guanidine groups is 1. The van der Waals surface area contributed by atoms with E-state index >= 15 is 0 Å². The molecule has 4 nitrogen and oxygen atoms in total. The molecule has 0 spiro atoms. The van der Waals surface area contributed by atoms with Crippen molar-refractivity contribution in [2.45, 2.75) is 20.8 Å². The molecule has 4 heteroatoms. The van der Waals surface area contributed by atoms with Crippen LogP contribution in [0.2, 0.25) is 0 Å². The Morgan fingerprint density at radius 3 is 2.07 bits per heavy atom. The van der Waals surface area contributed by atoms with Crippen LogP contribution in [0.1, 0.15) is 20.8 Å². The van der Waals surface area contributed by atoms with E-state index in [2.05, 4.69) is 30.7 Å². The number of nitrogens with zero attached hydrogens (tertiary/aromatic N) is 3. The molecule has 0 aliphatic rings. The molecule has 0 rings (SSSR count). The maximum Gasteiger partial charge on any atom is 0.201 e. The van der Waals surface area contributed by atoms with Gasteiger partial charge in [0.1, 0.15) is 6.34 Å². The van der Waals surface area contributed by atoms with Crippen molar-refractivity contribution in [3.8, 4) is 0 Å². The first-order chi connectivity index (χ1) is 6.28. The lowest BCUT2D eigenvalue weighted by atomic mass is 9.96. The SMILES string of the molecule is CN(C)C(=NC=N)N(C)CC(C)(C)C. The predicted molar refractivity (Wildman–Crippen MR) is 62.0 cm³/mol. The number of hydrogen-bond acceptors (Lipinski definition) is 1. The van der Waals surface area contributed by atoms with E-state index in [0.29, 0.717) is 0 Å². The summed E-state index contributed by atoms with van der Waals surface area (Å²) >= 11 is 0. The lowest BCUT2D eigenvalue weighted by Crippen LogP contribution is -2.42. The molecule has 0 aliphatic heterocycles. The third kappa shape index (κ3) is 4.84. The van der Waals surface area contributed by atoms with Crippen molar-refractivity contribution < 1.29 is 0 Å². The zero-order valence-electron chi connectivity index (χ0n) is 10.1. The Bertz CT molecular complexity index is 213. The van der Waals surface area contributed by atoms with Crippen LogP contribution in [0.4, 0.5) is 0 Å². The lowest BCUT2D eigenvalue weighted by molar-refractivity contribution is 0.287. The Balaban J connectivity index is 4.54. The van der Waals surface area contributed by atoms with Crippen molar-refractivity contribution in [3.05, 3.63) is 0 Å². The molecular weight excluding hydrogens is 176 g/mol. The highest BCUT2D eigenvalue weighted by Gasteiger charge is 2.17. The maximum atomic E-state index is 6.98. The maximum absolute atomic E-state index is 6.98. The van der Waals surface area contributed by atoms with Gasteiger partial charge in [-0.15, -0.1) is 0 Å². The highest BCUT2D eigenvalue weighted by Crippen LogP contribution is 2.14. The van der Waals surface area contributed by atoms with Gasteiger partial charge in [0.25, 0.3) is 0 Å². The van der Waals surface area contributed by atoms with E-state index < -0.39 is 0 Å². The van der Waals surface area contributed by atoms with Gasteiger partial charge in [-0.25, -0.2) is 4.99 Å². The predicted octanol–water partition coefficient (Wildman–Crippen LogP) is 1.49. The van der Waals surface area contributed by atoms with Gasteiger partial charge in [-0.1, -0.05) is 20.8 Å². The standard InChI is InChI=1S/C10H22N4/c1-10(2,3)7-14(6)9(12-8-11)13(4)5/h8,11H,7H2,1-6H3. The smallest absolute Gasteiger partial charge is 0.201 e. The molecule has 14 heavy (non-hydrogen) atoms. The summed E-state index contributed by atoms with van der Waals surface area (Å²) in [5.74, 6) is 0.815. The van der Waals surface area contributed by atoms with Crippen molar-refractivity contribution in [3.63, 3.8) is 0 Å². The number of nitrogens with one attached hydrogen (secondary N) is 1. The lowest BCUT2D eigenvalue weighted by Gasteiger charge is -2.31. The fourth-order valence-corrected chi connectivity index (χ4v) is 1.40. The Kier molecular flexibility index (Phi) is 4.60. The molecule has 0 bridgehead atoms. The fraction of sp³-hybridized carbons (Fsp3) is 0.800. The summed E-state index contributed by atoms with van der Waals surface area (Å²) in [6.07, 6.45) is 1.08. The second kappa shape index (κ2) is 4.98. The fourth-order valence-electron chi connectivity index (χ4n) is 1.40. The Hall–Kier alpha value is -1.06. The molecule has 0 heterocycles. The minimum Gasteiger partial charge on any atom is -0.349 e. The summed E-state index contributed by atoms with van der Waals surface area (Å²) in [6, 6.07) is 0. The van der Waals surface area contributed by atoms with Crippen LogP contribution < -0.4 is 0 Å². The van der Waals surface area contributed by atoms with E-state index in [1.165, 1.54) is 0 Å². The van der Waals surface area contributed by atoms with E-state index in [-0.39, 0.29) is 5.41 Å². The summed E-state index contributed by atoms with van der Waals surface area (Å²) in [5, 5.41) is 6.98. The van der Waals surface area contributed by atoms with Crippen molar-refractivity contribution >= 4 is 12.3 Å². The molecule has 0 aromatic carbocycles. The Morgan fingerprint density at radius 2 is 1.79 bits per heavy atom. The molecule has 82 valence electrons. The van der Waals surface area contributed by atoms with Gasteiger partial charge in [0, 0.05) is 27.7 Å². The van der Waals surface area contributed by atoms with Crippen LogP contribution in [0.5, 0.6) is 0 Å². The van der Waals surface area contributed by atoms with Gasteiger partial charge in [0.2, 0.25) is 5.96 Å². The van der Waals surface area contributed by atoms with Crippen LogP contribution in [-0.2, 0) is 0 Å². The zero-order valence-corrected chi connectivity index (χ0v) is 10.1. The van der Waals surface area contributed by atoms with Crippen LogP contribution in [0.3, 0.4) is 0 Å². The van der Waals surface area contributed by atoms with Crippen molar-refractivity contribution in [2.75, 3.05) is 27.7 Å². The van der Waals surface area contributed by atoms with Crippen molar-refractivity contribution in [1.82, 2.24) is 9.80 Å². The Labute approximate surface area is 87.1 Å². The molecule has 0 aliphatic carbocycles. The van der Waals surface area contributed by atoms with E-state index in [0.717, 1.165) is 18.8 Å². The van der Waals surface area contributed by atoms with Gasteiger partial charge >= 0.3 is 0 Å². The second-order valence-corrected chi connectivity index (χ2v) is 4.87. The summed E-state index contributed by atoms with van der Waals surface area (Å²) in [7, 11) is 5.86. The zero-order chi connectivity index (χ0) is 11.4. The molecule has 0 saturated carbocycles. The normalized spacial score (nSPS) is 12.6. The molecule has 0 saturated heterocycles. The topological polar surface area (TPSA) is 42.7 Å². The first kappa shape index (κ1) is 12.9. The summed E-state index contributed by atoms with van der Waals surface area (Å²) in [4.78, 5) is 7.99. The molecule has 1 N–H and O–H groups in total. The molecule has 0 fully saturated rings. The average Bonchev–Trinajstić information content (AvgIpc) is 1.95. The third-order valence-corrected chi connectivity index (χ3v) is 1.63. The second-order valence-electron chi connectivity index (χ2n) is 4.87. The van der Waals surface area contributed by atoms with Gasteiger partial charge in [-0.3, -0.25) is 5.41 Å². The summed E-state index contributed by atoms with van der Waals surface area (Å²) in [5.41, 5.74) is 0.230. The average molecular weight is 198 g/mol. The van der Waals surface area contributed by atoms with Crippen LogP contribution in [0.25, 0.3) is 0 Å². The van der Waals surface area contributed by atoms with Crippen molar-refractivity contribution in [2.24, 2.45) is 10.4 Å². The quantitative estimate of drug-likeness (QED) is 0.539. The van der Waals surface area contributed by atoms with Crippen LogP contribution in [0, 0.1) is 10.8 Å². The molecule has 0 unspecified atom stereocenters. The molecule has 0 radical (unpaired) electrons. The molecular formula is C10H22N4. The number of hydrogen-bond donors (Lipinski definition) is 1. The van der Waals surface area contributed by atoms with Crippen LogP contribution in [0.15, 0.2) is 4.99 Å². The van der Waals surface area contributed by atoms with Gasteiger partial charge in [0.15, 0.2) is 0 Å². The monoisotopic (exact) mass is 198 g/mol. The number of rotatable bonds is 2. The minimum absolute atomic E-state index is 0.230. The first-order valence-corrected chi connectivity index (χ1v) is 4.73. The molecule has 0 aromatic rings. The van der Waals surface area contributed by atoms with E-state index in [1.54, 1.807) is 0 Å². The van der Waals surface area contributed by atoms with Crippen molar-refractivity contribution in [1.29, 1.82) is 5.41 Å². The third-order valence-electron chi connectivity index (χ3n) is 1.63. The first-order valence-electron chi connectivity index (χ1n) is 4.73. The number of aliphatic imine (C=N–C) groups is 1. The van der Waals surface area contributed by atoms with Gasteiger partial charge in [0.05, 0.1) is 0 Å². The highest BCUT2D eigenvalue weighted by atomic mass is 15.3. The molecule has 0 amide bonds. The van der Waals surface area contributed by atoms with E-state index in [1.807, 2.05) is 26.0 Å². The highest BCUT2D eigenvalue weighted by molar-refractivity contribution is 5.85. The Morgan fingerprint density at radius 1 is 1.29 bits per heavy atom. The van der Waals surface area contributed by atoms with E-state index in [9.17, 15) is 0 Å². The van der Waals surface area contributed by atoms with Crippen LogP contribution >= 0.6 is 0 Å². The summed E-state index contributed by atoms with van der Waals surface area (Å²) < 4.78 is 0. The molecule has 0 aromatic heterocycles. The van der Waals surface area contributed by atoms with Gasteiger partial charge in [-0.05, 0) is 5.41 Å². The van der Waals surface area contributed by atoms with Gasteiger partial charge in [-0.2, -0.15) is 0 Å². The van der Waals surface area contributed by atoms with E-state index in [4.69, 9.17) is 5.41 Å². The largest absolute Gasteiger partial charge is 0.349 e. The molecule has 0 atom stereocenters. The summed E-state index contributed by atoms with van der Waals surface area (Å²) in [6.45, 7) is 7.46. The minimum atomic E-state index is 0.230. The van der Waals surface area contributed by atoms with Gasteiger partial charge < -0.3 is 9.80 Å².